The zero-order valence-electron chi connectivity index (χ0n) is 12.8. The minimum atomic E-state index is 0.173. The predicted molar refractivity (Wildman–Crippen MR) is 83.9 cm³/mol. The number of hydrogen-bond donors (Lipinski definition) is 2. The average molecular weight is 290 g/mol. The lowest BCUT2D eigenvalue weighted by Gasteiger charge is -2.27. The number of carbonyl (C=O) groups is 1. The van der Waals surface area contributed by atoms with Crippen LogP contribution in [0, 0.1) is 5.92 Å². The summed E-state index contributed by atoms with van der Waals surface area (Å²) in [6.45, 7) is 5.10. The van der Waals surface area contributed by atoms with Gasteiger partial charge in [0, 0.05) is 25.1 Å². The van der Waals surface area contributed by atoms with Gasteiger partial charge in [-0.3, -0.25) is 4.79 Å². The summed E-state index contributed by atoms with van der Waals surface area (Å²) in [6, 6.07) is 10.6. The van der Waals surface area contributed by atoms with E-state index in [4.69, 9.17) is 4.74 Å². The Morgan fingerprint density at radius 2 is 2.19 bits per heavy atom. The Bertz CT molecular complexity index is 422. The van der Waals surface area contributed by atoms with Crippen LogP contribution in [-0.2, 0) is 16.1 Å². The third-order valence-electron chi connectivity index (χ3n) is 3.87. The Hall–Kier alpha value is -1.39. The van der Waals surface area contributed by atoms with Crippen LogP contribution in [-0.4, -0.2) is 31.6 Å². The largest absolute Gasteiger partial charge is 0.377 e. The maximum absolute atomic E-state index is 12.0. The van der Waals surface area contributed by atoms with Crippen LogP contribution in [0.5, 0.6) is 0 Å². The number of piperidine rings is 1. The monoisotopic (exact) mass is 290 g/mol. The average Bonchev–Trinajstić information content (AvgIpc) is 2.51. The highest BCUT2D eigenvalue weighted by Gasteiger charge is 2.23. The van der Waals surface area contributed by atoms with Crippen LogP contribution in [0.4, 0.5) is 0 Å². The number of ether oxygens (including phenoxy) is 1. The second-order valence-electron chi connectivity index (χ2n) is 5.76. The maximum atomic E-state index is 12.0. The van der Waals surface area contributed by atoms with Gasteiger partial charge in [-0.25, -0.2) is 0 Å². The van der Waals surface area contributed by atoms with Crippen molar-refractivity contribution in [2.45, 2.75) is 38.8 Å². The van der Waals surface area contributed by atoms with Gasteiger partial charge in [0.25, 0.3) is 0 Å². The van der Waals surface area contributed by atoms with E-state index in [9.17, 15) is 4.79 Å². The lowest BCUT2D eigenvalue weighted by molar-refractivity contribution is -0.126. The van der Waals surface area contributed by atoms with E-state index in [1.165, 1.54) is 5.56 Å². The molecular formula is C17H26N2O2. The summed E-state index contributed by atoms with van der Waals surface area (Å²) in [4.78, 5) is 12.0. The first-order valence-electron chi connectivity index (χ1n) is 7.88. The molecule has 21 heavy (non-hydrogen) atoms. The van der Waals surface area contributed by atoms with Crippen molar-refractivity contribution in [3.8, 4) is 0 Å². The van der Waals surface area contributed by atoms with E-state index in [1.807, 2.05) is 18.2 Å². The number of amides is 1. The van der Waals surface area contributed by atoms with Crippen molar-refractivity contribution in [3.05, 3.63) is 35.9 Å². The van der Waals surface area contributed by atoms with E-state index in [0.29, 0.717) is 25.8 Å². The van der Waals surface area contributed by atoms with Gasteiger partial charge in [-0.2, -0.15) is 0 Å². The van der Waals surface area contributed by atoms with Crippen LogP contribution < -0.4 is 10.6 Å². The lowest BCUT2D eigenvalue weighted by Crippen LogP contribution is -2.42. The quantitative estimate of drug-likeness (QED) is 0.756. The van der Waals surface area contributed by atoms with Crippen LogP contribution in [0.25, 0.3) is 0 Å². The zero-order chi connectivity index (χ0) is 14.9. The fraction of sp³-hybridized carbons (Fsp3) is 0.588. The van der Waals surface area contributed by atoms with Crippen LogP contribution in [0.15, 0.2) is 30.3 Å². The lowest BCUT2D eigenvalue weighted by atomic mass is 9.92. The summed E-state index contributed by atoms with van der Waals surface area (Å²) < 4.78 is 5.60. The smallest absolute Gasteiger partial charge is 0.223 e. The molecule has 0 saturated carbocycles. The first-order chi connectivity index (χ1) is 10.3. The summed E-state index contributed by atoms with van der Waals surface area (Å²) in [6.07, 6.45) is 2.75. The molecule has 2 N–H and O–H groups in total. The predicted octanol–water partition coefficient (Wildman–Crippen LogP) is 2.10. The molecule has 1 aromatic rings. The maximum Gasteiger partial charge on any atom is 0.223 e. The van der Waals surface area contributed by atoms with Gasteiger partial charge in [-0.15, -0.1) is 0 Å². The van der Waals surface area contributed by atoms with Crippen molar-refractivity contribution in [3.63, 3.8) is 0 Å². The van der Waals surface area contributed by atoms with E-state index in [-0.39, 0.29) is 11.8 Å². The Morgan fingerprint density at radius 1 is 1.38 bits per heavy atom. The summed E-state index contributed by atoms with van der Waals surface area (Å²) >= 11 is 0. The third-order valence-corrected chi connectivity index (χ3v) is 3.87. The topological polar surface area (TPSA) is 50.4 Å². The van der Waals surface area contributed by atoms with Gasteiger partial charge >= 0.3 is 0 Å². The normalized spacial score (nSPS) is 22.0. The summed E-state index contributed by atoms with van der Waals surface area (Å²) in [5.41, 5.74) is 1.19. The summed E-state index contributed by atoms with van der Waals surface area (Å²) in [7, 11) is 0. The molecule has 2 rings (SSSR count). The molecule has 1 aliphatic rings. The Kier molecular flexibility index (Phi) is 6.70. The standard InChI is InChI=1S/C17H26N2O2/c1-14-12-16(8-10-18-14)17(20)19-9-5-11-21-13-15-6-3-2-4-7-15/h2-4,6-7,14,16,18H,5,8-13H2,1H3,(H,19,20). The molecule has 4 heteroatoms. The fourth-order valence-electron chi connectivity index (χ4n) is 2.66. The van der Waals surface area contributed by atoms with Gasteiger partial charge in [0.2, 0.25) is 5.91 Å². The fourth-order valence-corrected chi connectivity index (χ4v) is 2.66. The Labute approximate surface area is 127 Å². The van der Waals surface area contributed by atoms with Gasteiger partial charge in [-0.1, -0.05) is 30.3 Å². The van der Waals surface area contributed by atoms with Crippen molar-refractivity contribution in [2.24, 2.45) is 5.92 Å². The van der Waals surface area contributed by atoms with E-state index in [0.717, 1.165) is 25.8 Å². The molecule has 2 unspecified atom stereocenters. The molecule has 1 heterocycles. The number of rotatable bonds is 7. The van der Waals surface area contributed by atoms with Crippen molar-refractivity contribution in [1.82, 2.24) is 10.6 Å². The highest BCUT2D eigenvalue weighted by molar-refractivity contribution is 5.78. The first-order valence-corrected chi connectivity index (χ1v) is 7.88. The van der Waals surface area contributed by atoms with Crippen LogP contribution in [0.1, 0.15) is 31.7 Å². The molecule has 0 aliphatic carbocycles. The molecule has 1 amide bonds. The third kappa shape index (κ3) is 5.86. The highest BCUT2D eigenvalue weighted by atomic mass is 16.5. The first kappa shape index (κ1) is 16.0. The van der Waals surface area contributed by atoms with Crippen molar-refractivity contribution in [2.75, 3.05) is 19.7 Å². The summed E-state index contributed by atoms with van der Waals surface area (Å²) in [5, 5.41) is 6.39. The van der Waals surface area contributed by atoms with Crippen LogP contribution >= 0.6 is 0 Å². The van der Waals surface area contributed by atoms with Crippen molar-refractivity contribution < 1.29 is 9.53 Å². The zero-order valence-corrected chi connectivity index (χ0v) is 12.8. The SMILES string of the molecule is CC1CC(C(=O)NCCCOCc2ccccc2)CCN1. The van der Waals surface area contributed by atoms with E-state index in [2.05, 4.69) is 29.7 Å². The minimum absolute atomic E-state index is 0.173. The van der Waals surface area contributed by atoms with Crippen LogP contribution in [0.3, 0.4) is 0 Å². The molecule has 4 nitrogen and oxygen atoms in total. The molecule has 1 saturated heterocycles. The second-order valence-corrected chi connectivity index (χ2v) is 5.76. The molecular weight excluding hydrogens is 264 g/mol. The molecule has 2 atom stereocenters. The molecule has 0 bridgehead atoms. The summed E-state index contributed by atoms with van der Waals surface area (Å²) in [5.74, 6) is 0.373. The van der Waals surface area contributed by atoms with E-state index in [1.54, 1.807) is 0 Å². The molecule has 1 aromatic carbocycles. The van der Waals surface area contributed by atoms with Crippen LogP contribution in [0.2, 0.25) is 0 Å². The van der Waals surface area contributed by atoms with Crippen molar-refractivity contribution >= 4 is 5.91 Å². The van der Waals surface area contributed by atoms with Crippen molar-refractivity contribution in [1.29, 1.82) is 0 Å². The highest BCUT2D eigenvalue weighted by Crippen LogP contribution is 2.15. The minimum Gasteiger partial charge on any atom is -0.377 e. The molecule has 116 valence electrons. The van der Waals surface area contributed by atoms with E-state index < -0.39 is 0 Å². The molecule has 0 aromatic heterocycles. The number of benzene rings is 1. The molecule has 0 spiro atoms. The Morgan fingerprint density at radius 3 is 2.95 bits per heavy atom. The number of nitrogens with one attached hydrogen (secondary N) is 2. The van der Waals surface area contributed by atoms with Gasteiger partial charge in [0.15, 0.2) is 0 Å². The second kappa shape index (κ2) is 8.80. The number of hydrogen-bond acceptors (Lipinski definition) is 3. The van der Waals surface area contributed by atoms with E-state index >= 15 is 0 Å². The molecule has 1 aliphatic heterocycles. The number of carbonyl (C=O) groups excluding carboxylic acids is 1. The molecule has 0 radical (unpaired) electrons. The van der Waals surface area contributed by atoms with Gasteiger partial charge in [0.05, 0.1) is 6.61 Å². The Balaban J connectivity index is 1.52. The van der Waals surface area contributed by atoms with Gasteiger partial charge in [0.1, 0.15) is 0 Å². The molecule has 1 fully saturated rings. The van der Waals surface area contributed by atoms with Gasteiger partial charge < -0.3 is 15.4 Å². The van der Waals surface area contributed by atoms with Gasteiger partial charge in [-0.05, 0) is 38.3 Å².